The molecule has 2 heterocycles. The third kappa shape index (κ3) is 6.92. The van der Waals surface area contributed by atoms with E-state index in [1.54, 1.807) is 26.8 Å². The van der Waals surface area contributed by atoms with E-state index in [4.69, 9.17) is 4.74 Å². The fraction of sp³-hybridized carbons (Fsp3) is 0.692. The van der Waals surface area contributed by atoms with Crippen LogP contribution in [0.2, 0.25) is 0 Å². The lowest BCUT2D eigenvalue weighted by Crippen LogP contribution is -2.57. The van der Waals surface area contributed by atoms with Gasteiger partial charge in [0, 0.05) is 19.0 Å². The lowest BCUT2D eigenvalue weighted by atomic mass is 9.92. The summed E-state index contributed by atoms with van der Waals surface area (Å²) >= 11 is 0. The Labute approximate surface area is 197 Å². The summed E-state index contributed by atoms with van der Waals surface area (Å²) in [7, 11) is 0. The molecule has 33 heavy (non-hydrogen) atoms. The number of likely N-dealkylation sites (tertiary alicyclic amines) is 1. The number of rotatable bonds is 5. The Balaban J connectivity index is 1.77. The molecule has 2 amide bonds. The molecule has 1 fully saturated rings. The van der Waals surface area contributed by atoms with E-state index < -0.39 is 17.7 Å². The molecule has 6 nitrogen and oxygen atoms in total. The van der Waals surface area contributed by atoms with Crippen LogP contribution < -0.4 is 5.32 Å². The Hall–Kier alpha value is -2.15. The van der Waals surface area contributed by atoms with Crippen molar-refractivity contribution in [2.24, 2.45) is 11.8 Å². The first kappa shape index (κ1) is 25.5. The molecule has 1 N–H and O–H groups in total. The molecule has 0 saturated carbocycles. The first-order chi connectivity index (χ1) is 15.4. The van der Waals surface area contributed by atoms with Gasteiger partial charge in [0.2, 0.25) is 5.91 Å². The zero-order valence-corrected chi connectivity index (χ0v) is 21.0. The molecule has 0 aromatic heterocycles. The van der Waals surface area contributed by atoms with Crippen LogP contribution in [-0.2, 0) is 22.5 Å². The fourth-order valence-electron chi connectivity index (χ4n) is 4.52. The molecule has 2 atom stereocenters. The van der Waals surface area contributed by atoms with Crippen molar-refractivity contribution < 1.29 is 18.7 Å². The zero-order chi connectivity index (χ0) is 24.3. The van der Waals surface area contributed by atoms with Crippen molar-refractivity contribution in [1.82, 2.24) is 15.1 Å². The fourth-order valence-corrected chi connectivity index (χ4v) is 4.52. The van der Waals surface area contributed by atoms with Gasteiger partial charge in [0.05, 0.1) is 6.54 Å². The summed E-state index contributed by atoms with van der Waals surface area (Å²) in [6.07, 6.45) is 2.15. The van der Waals surface area contributed by atoms with Crippen molar-refractivity contribution in [3.05, 3.63) is 35.1 Å². The molecule has 1 aromatic rings. The number of hydrogen-bond acceptors (Lipinski definition) is 4. The van der Waals surface area contributed by atoms with Gasteiger partial charge in [-0.25, -0.2) is 9.18 Å². The molecule has 0 spiro atoms. The van der Waals surface area contributed by atoms with E-state index in [1.165, 1.54) is 29.9 Å². The van der Waals surface area contributed by atoms with Crippen molar-refractivity contribution in [3.63, 3.8) is 0 Å². The lowest BCUT2D eigenvalue weighted by Gasteiger charge is -2.39. The van der Waals surface area contributed by atoms with Crippen LogP contribution in [0, 0.1) is 17.7 Å². The summed E-state index contributed by atoms with van der Waals surface area (Å²) in [6.45, 7) is 15.0. The molecule has 0 aliphatic carbocycles. The minimum absolute atomic E-state index is 0.0130. The first-order valence-electron chi connectivity index (χ1n) is 12.2. The van der Waals surface area contributed by atoms with Crippen LogP contribution >= 0.6 is 0 Å². The molecule has 0 bridgehead atoms. The lowest BCUT2D eigenvalue weighted by molar-refractivity contribution is -0.128. The average Bonchev–Trinajstić information content (AvgIpc) is 2.72. The van der Waals surface area contributed by atoms with Gasteiger partial charge < -0.3 is 15.0 Å². The number of halogens is 1. The summed E-state index contributed by atoms with van der Waals surface area (Å²) in [4.78, 5) is 30.4. The molecule has 184 valence electrons. The summed E-state index contributed by atoms with van der Waals surface area (Å²) in [5.41, 5.74) is 0.918. The smallest absolute Gasteiger partial charge is 0.411 e. The maximum absolute atomic E-state index is 13.8. The topological polar surface area (TPSA) is 61.9 Å². The van der Waals surface area contributed by atoms with Gasteiger partial charge >= 0.3 is 6.09 Å². The van der Waals surface area contributed by atoms with E-state index in [0.717, 1.165) is 31.1 Å². The highest BCUT2D eigenvalue weighted by atomic mass is 19.1. The Morgan fingerprint density at radius 2 is 1.85 bits per heavy atom. The normalized spacial score (nSPS) is 21.0. The van der Waals surface area contributed by atoms with Crippen LogP contribution in [-0.4, -0.2) is 59.1 Å². The zero-order valence-electron chi connectivity index (χ0n) is 21.0. The van der Waals surface area contributed by atoms with Gasteiger partial charge in [-0.3, -0.25) is 9.69 Å². The number of carbonyl (C=O) groups is 2. The molecular formula is C26H40FN3O3. The van der Waals surface area contributed by atoms with Gasteiger partial charge in [-0.05, 0) is 81.8 Å². The maximum atomic E-state index is 13.8. The van der Waals surface area contributed by atoms with Crippen LogP contribution in [0.25, 0.3) is 0 Å². The first-order valence-corrected chi connectivity index (χ1v) is 12.2. The van der Waals surface area contributed by atoms with E-state index in [9.17, 15) is 14.0 Å². The Kier molecular flexibility index (Phi) is 8.04. The Morgan fingerprint density at radius 1 is 1.18 bits per heavy atom. The quantitative estimate of drug-likeness (QED) is 0.708. The van der Waals surface area contributed by atoms with Crippen molar-refractivity contribution >= 4 is 12.0 Å². The van der Waals surface area contributed by atoms with E-state index >= 15 is 0 Å². The second-order valence-electron chi connectivity index (χ2n) is 11.1. The van der Waals surface area contributed by atoms with Gasteiger partial charge in [-0.1, -0.05) is 26.8 Å². The van der Waals surface area contributed by atoms with Gasteiger partial charge in [-0.2, -0.15) is 0 Å². The maximum Gasteiger partial charge on any atom is 0.411 e. The Morgan fingerprint density at radius 3 is 2.45 bits per heavy atom. The molecule has 2 aliphatic rings. The highest BCUT2D eigenvalue weighted by Crippen LogP contribution is 2.27. The van der Waals surface area contributed by atoms with Gasteiger partial charge in [-0.15, -0.1) is 0 Å². The van der Waals surface area contributed by atoms with Crippen LogP contribution in [0.5, 0.6) is 0 Å². The number of piperidine rings is 1. The summed E-state index contributed by atoms with van der Waals surface area (Å²) in [6, 6.07) is 3.86. The third-order valence-corrected chi connectivity index (χ3v) is 6.69. The number of carbonyl (C=O) groups excluding carboxylic acids is 2. The minimum Gasteiger partial charge on any atom is -0.444 e. The summed E-state index contributed by atoms with van der Waals surface area (Å²) < 4.78 is 19.4. The van der Waals surface area contributed by atoms with E-state index in [1.807, 2.05) is 0 Å². The molecular weight excluding hydrogens is 421 g/mol. The molecule has 0 unspecified atom stereocenters. The van der Waals surface area contributed by atoms with Crippen molar-refractivity contribution in [2.75, 3.05) is 19.6 Å². The van der Waals surface area contributed by atoms with Gasteiger partial charge in [0.15, 0.2) is 0 Å². The highest BCUT2D eigenvalue weighted by molar-refractivity contribution is 5.87. The standard InChI is InChI=1S/C26H40FN3O3/c1-17(2)22(16-29-11-9-18(3)10-12-29)28-24(31)23-14-19-7-8-21(27)13-20(19)15-30(23)25(32)33-26(4,5)6/h7-8,13,17-18,22-23H,9-12,14-16H2,1-6H3,(H,28,31)/t22-,23-/m1/s1. The number of amides is 2. The summed E-state index contributed by atoms with van der Waals surface area (Å²) in [5.74, 6) is 0.479. The number of nitrogens with zero attached hydrogens (tertiary/aromatic N) is 2. The molecule has 1 saturated heterocycles. The number of ether oxygens (including phenoxy) is 1. The van der Waals surface area contributed by atoms with Crippen LogP contribution in [0.15, 0.2) is 18.2 Å². The second kappa shape index (κ2) is 10.4. The van der Waals surface area contributed by atoms with E-state index in [2.05, 4.69) is 31.0 Å². The number of benzene rings is 1. The SMILES string of the molecule is CC1CCN(C[C@@H](NC(=O)[C@H]2Cc3ccc(F)cc3CN2C(=O)OC(C)(C)C)C(C)C)CC1. The van der Waals surface area contributed by atoms with Gasteiger partial charge in [0.1, 0.15) is 17.5 Å². The third-order valence-electron chi connectivity index (χ3n) is 6.69. The van der Waals surface area contributed by atoms with Crippen LogP contribution in [0.4, 0.5) is 9.18 Å². The van der Waals surface area contributed by atoms with Crippen molar-refractivity contribution in [3.8, 4) is 0 Å². The second-order valence-corrected chi connectivity index (χ2v) is 11.1. The predicted molar refractivity (Wildman–Crippen MR) is 127 cm³/mol. The Bertz CT molecular complexity index is 844. The molecule has 0 radical (unpaired) electrons. The minimum atomic E-state index is -0.694. The van der Waals surface area contributed by atoms with Crippen molar-refractivity contribution in [1.29, 1.82) is 0 Å². The number of fused-ring (bicyclic) bond motifs is 1. The molecule has 2 aliphatic heterocycles. The summed E-state index contributed by atoms with van der Waals surface area (Å²) in [5, 5.41) is 3.23. The average molecular weight is 462 g/mol. The number of nitrogens with one attached hydrogen (secondary N) is 1. The van der Waals surface area contributed by atoms with E-state index in [-0.39, 0.29) is 30.2 Å². The van der Waals surface area contributed by atoms with E-state index in [0.29, 0.717) is 12.0 Å². The van der Waals surface area contributed by atoms with Crippen LogP contribution in [0.3, 0.4) is 0 Å². The molecule has 7 heteroatoms. The largest absolute Gasteiger partial charge is 0.444 e. The predicted octanol–water partition coefficient (Wildman–Crippen LogP) is 4.36. The van der Waals surface area contributed by atoms with Gasteiger partial charge in [0.25, 0.3) is 0 Å². The molecule has 3 rings (SSSR count). The van der Waals surface area contributed by atoms with Crippen LogP contribution in [0.1, 0.15) is 65.5 Å². The van der Waals surface area contributed by atoms with Crippen molar-refractivity contribution in [2.45, 2.75) is 85.0 Å². The monoisotopic (exact) mass is 461 g/mol. The molecule has 1 aromatic carbocycles. The highest BCUT2D eigenvalue weighted by Gasteiger charge is 2.38. The number of hydrogen-bond donors (Lipinski definition) is 1.